The van der Waals surface area contributed by atoms with Crippen LogP contribution in [0.5, 0.6) is 5.75 Å². The minimum atomic E-state index is -0.615. The molecule has 1 rings (SSSR count). The summed E-state index contributed by atoms with van der Waals surface area (Å²) in [5, 5.41) is 2.43. The second-order valence-corrected chi connectivity index (χ2v) is 3.43. The minimum Gasteiger partial charge on any atom is -0.497 e. The fourth-order valence-corrected chi connectivity index (χ4v) is 1.36. The van der Waals surface area contributed by atoms with Crippen molar-refractivity contribution in [3.8, 4) is 5.75 Å². The van der Waals surface area contributed by atoms with E-state index in [1.807, 2.05) is 12.1 Å². The number of hydrogen-bond donors (Lipinski definition) is 1. The predicted molar refractivity (Wildman–Crippen MR) is 62.1 cm³/mol. The normalized spacial score (nSPS) is 11.4. The van der Waals surface area contributed by atoms with Gasteiger partial charge in [0.25, 0.3) is 0 Å². The summed E-state index contributed by atoms with van der Waals surface area (Å²) in [4.78, 5) is 21.7. The van der Waals surface area contributed by atoms with Gasteiger partial charge in [-0.3, -0.25) is 0 Å². The van der Waals surface area contributed by atoms with Gasteiger partial charge in [-0.2, -0.15) is 0 Å². The van der Waals surface area contributed by atoms with E-state index in [1.165, 1.54) is 7.11 Å². The maximum Gasteiger partial charge on any atom is 0.407 e. The van der Waals surface area contributed by atoms with Crippen LogP contribution in [0.4, 0.5) is 4.79 Å². The monoisotopic (exact) mass is 237 g/mol. The molecule has 0 unspecified atom stereocenters. The van der Waals surface area contributed by atoms with E-state index in [9.17, 15) is 9.59 Å². The Bertz CT molecular complexity index is 375. The topological polar surface area (TPSA) is 64.6 Å². The van der Waals surface area contributed by atoms with Crippen molar-refractivity contribution in [2.75, 3.05) is 14.2 Å². The molecule has 17 heavy (non-hydrogen) atoms. The quantitative estimate of drug-likeness (QED) is 0.780. The summed E-state index contributed by atoms with van der Waals surface area (Å²) >= 11 is 0. The number of benzene rings is 1. The molecule has 0 aliphatic heterocycles. The average molecular weight is 237 g/mol. The van der Waals surface area contributed by atoms with Crippen molar-refractivity contribution in [3.05, 3.63) is 29.8 Å². The zero-order valence-electron chi connectivity index (χ0n) is 9.80. The van der Waals surface area contributed by atoms with Crippen LogP contribution in [0.25, 0.3) is 0 Å². The third kappa shape index (κ3) is 4.14. The summed E-state index contributed by atoms with van der Waals surface area (Å²) in [7, 11) is 2.84. The van der Waals surface area contributed by atoms with Gasteiger partial charge in [0.05, 0.1) is 20.3 Å². The number of carbonyl (C=O) groups excluding carboxylic acids is 2. The fraction of sp³-hybridized carbons (Fsp3) is 0.333. The number of amides is 1. The highest BCUT2D eigenvalue weighted by molar-refractivity contribution is 5.73. The van der Waals surface area contributed by atoms with E-state index >= 15 is 0 Å². The molecule has 0 saturated heterocycles. The molecule has 0 heterocycles. The Balaban J connectivity index is 2.60. The average Bonchev–Trinajstić information content (AvgIpc) is 2.38. The Kier molecular flexibility index (Phi) is 5.00. The number of alkyl carbamates (subject to hydrolysis) is 1. The van der Waals surface area contributed by atoms with Crippen LogP contribution in [0.1, 0.15) is 5.56 Å². The first-order valence-corrected chi connectivity index (χ1v) is 5.12. The first kappa shape index (κ1) is 13.0. The maximum atomic E-state index is 11.0. The lowest BCUT2D eigenvalue weighted by molar-refractivity contribution is -0.109. The van der Waals surface area contributed by atoms with Gasteiger partial charge in [0.1, 0.15) is 12.0 Å². The highest BCUT2D eigenvalue weighted by atomic mass is 16.5. The van der Waals surface area contributed by atoms with Gasteiger partial charge in [0.15, 0.2) is 0 Å². The van der Waals surface area contributed by atoms with E-state index in [0.29, 0.717) is 12.7 Å². The lowest BCUT2D eigenvalue weighted by Crippen LogP contribution is -2.37. The molecule has 1 N–H and O–H groups in total. The van der Waals surface area contributed by atoms with Crippen molar-refractivity contribution in [2.24, 2.45) is 0 Å². The highest BCUT2D eigenvalue weighted by Gasteiger charge is 2.11. The summed E-state index contributed by atoms with van der Waals surface area (Å²) in [5.74, 6) is 0.748. The summed E-state index contributed by atoms with van der Waals surface area (Å²) in [6, 6.07) is 6.70. The standard InChI is InChI=1S/C12H15NO4/c1-16-11-5-3-9(4-6-11)7-10(8-14)13-12(15)17-2/h3-6,8,10H,7H2,1-2H3,(H,13,15)/t10-/m1/s1. The molecule has 0 aliphatic carbocycles. The third-order valence-electron chi connectivity index (χ3n) is 2.27. The molecule has 5 heteroatoms. The van der Waals surface area contributed by atoms with Crippen LogP contribution in [-0.4, -0.2) is 32.6 Å². The number of ether oxygens (including phenoxy) is 2. The van der Waals surface area contributed by atoms with E-state index in [0.717, 1.165) is 11.3 Å². The molecule has 1 aromatic rings. The summed E-state index contributed by atoms with van der Waals surface area (Å²) in [6.07, 6.45) is 0.486. The molecule has 1 amide bonds. The molecular weight excluding hydrogens is 222 g/mol. The molecule has 1 aromatic carbocycles. The lowest BCUT2D eigenvalue weighted by atomic mass is 10.1. The van der Waals surface area contributed by atoms with Crippen LogP contribution in [0.15, 0.2) is 24.3 Å². The van der Waals surface area contributed by atoms with Gasteiger partial charge in [0, 0.05) is 0 Å². The Morgan fingerprint density at radius 3 is 2.47 bits per heavy atom. The van der Waals surface area contributed by atoms with Crippen molar-refractivity contribution in [3.63, 3.8) is 0 Å². The second kappa shape index (κ2) is 6.52. The van der Waals surface area contributed by atoms with Crippen molar-refractivity contribution in [1.82, 2.24) is 5.32 Å². The van der Waals surface area contributed by atoms with E-state index < -0.39 is 12.1 Å². The summed E-state index contributed by atoms with van der Waals surface area (Å²) < 4.78 is 9.45. The van der Waals surface area contributed by atoms with Crippen LogP contribution in [-0.2, 0) is 16.0 Å². The predicted octanol–water partition coefficient (Wildman–Crippen LogP) is 1.16. The van der Waals surface area contributed by atoms with Crippen LogP contribution in [0.3, 0.4) is 0 Å². The van der Waals surface area contributed by atoms with Gasteiger partial charge in [0.2, 0.25) is 0 Å². The lowest BCUT2D eigenvalue weighted by Gasteiger charge is -2.11. The van der Waals surface area contributed by atoms with E-state index in [-0.39, 0.29) is 0 Å². The SMILES string of the molecule is COC(=O)N[C@@H](C=O)Cc1ccc(OC)cc1. The number of carbonyl (C=O) groups is 2. The van der Waals surface area contributed by atoms with E-state index in [1.54, 1.807) is 19.2 Å². The number of nitrogens with one attached hydrogen (secondary N) is 1. The van der Waals surface area contributed by atoms with Gasteiger partial charge in [-0.15, -0.1) is 0 Å². The molecule has 1 atom stereocenters. The molecule has 92 valence electrons. The van der Waals surface area contributed by atoms with Gasteiger partial charge >= 0.3 is 6.09 Å². The largest absolute Gasteiger partial charge is 0.497 e. The number of methoxy groups -OCH3 is 2. The molecule has 0 fully saturated rings. The Morgan fingerprint density at radius 1 is 1.35 bits per heavy atom. The van der Waals surface area contributed by atoms with E-state index in [2.05, 4.69) is 10.1 Å². The Hall–Kier alpha value is -2.04. The minimum absolute atomic E-state index is 0.419. The first-order valence-electron chi connectivity index (χ1n) is 5.12. The summed E-state index contributed by atoms with van der Waals surface area (Å²) in [5.41, 5.74) is 0.930. The molecule has 5 nitrogen and oxygen atoms in total. The summed E-state index contributed by atoms with van der Waals surface area (Å²) in [6.45, 7) is 0. The molecule has 0 saturated carbocycles. The third-order valence-corrected chi connectivity index (χ3v) is 2.27. The highest BCUT2D eigenvalue weighted by Crippen LogP contribution is 2.12. The van der Waals surface area contributed by atoms with Crippen LogP contribution < -0.4 is 10.1 Å². The molecule has 0 spiro atoms. The van der Waals surface area contributed by atoms with Crippen molar-refractivity contribution >= 4 is 12.4 Å². The van der Waals surface area contributed by atoms with Gasteiger partial charge in [-0.1, -0.05) is 12.1 Å². The molecule has 0 radical (unpaired) electrons. The first-order chi connectivity index (χ1) is 8.19. The zero-order chi connectivity index (χ0) is 12.7. The van der Waals surface area contributed by atoms with Crippen LogP contribution in [0.2, 0.25) is 0 Å². The van der Waals surface area contributed by atoms with Crippen molar-refractivity contribution < 1.29 is 19.1 Å². The fourth-order valence-electron chi connectivity index (χ4n) is 1.36. The van der Waals surface area contributed by atoms with Crippen molar-refractivity contribution in [2.45, 2.75) is 12.5 Å². The molecule has 0 aliphatic rings. The zero-order valence-corrected chi connectivity index (χ0v) is 9.80. The van der Waals surface area contributed by atoms with Crippen molar-refractivity contribution in [1.29, 1.82) is 0 Å². The van der Waals surface area contributed by atoms with Gasteiger partial charge in [-0.05, 0) is 24.1 Å². The molecule has 0 aromatic heterocycles. The molecule has 0 bridgehead atoms. The van der Waals surface area contributed by atoms with E-state index in [4.69, 9.17) is 4.74 Å². The Morgan fingerprint density at radius 2 is 2.00 bits per heavy atom. The molecular formula is C12H15NO4. The number of rotatable bonds is 5. The smallest absolute Gasteiger partial charge is 0.407 e. The second-order valence-electron chi connectivity index (χ2n) is 3.43. The Labute approximate surface area is 99.7 Å². The van der Waals surface area contributed by atoms with Gasteiger partial charge < -0.3 is 19.6 Å². The maximum absolute atomic E-state index is 11.0. The van der Waals surface area contributed by atoms with Crippen LogP contribution in [0, 0.1) is 0 Å². The van der Waals surface area contributed by atoms with Gasteiger partial charge in [-0.25, -0.2) is 4.79 Å². The van der Waals surface area contributed by atoms with Crippen LogP contribution >= 0.6 is 0 Å². The number of aldehydes is 1. The number of hydrogen-bond acceptors (Lipinski definition) is 4.